The molecule has 19 nitrogen and oxygen atoms in total. The Morgan fingerprint density at radius 2 is 0.821 bits per heavy atom. The molecular weight excluding hydrogens is 1080 g/mol. The maximum absolute atomic E-state index is 12.9. The first-order chi connectivity index (χ1) is 39.6. The molecular formula is C65H98O19. The van der Waals surface area contributed by atoms with Gasteiger partial charge >= 0.3 is 17.9 Å². The second-order valence-corrected chi connectivity index (χ2v) is 24.4. The first-order valence-electron chi connectivity index (χ1n) is 29.1. The van der Waals surface area contributed by atoms with Crippen LogP contribution in [-0.2, 0) is 57.3 Å². The van der Waals surface area contributed by atoms with E-state index in [2.05, 4.69) is 0 Å². The Kier molecular flexibility index (Phi) is 27.1. The molecule has 3 aliphatic rings. The molecule has 1 N–H and O–H groups in total. The van der Waals surface area contributed by atoms with Crippen molar-refractivity contribution in [2.24, 2.45) is 17.8 Å². The lowest BCUT2D eigenvalue weighted by Crippen LogP contribution is -2.24. The van der Waals surface area contributed by atoms with Gasteiger partial charge in [-0.1, -0.05) is 0 Å². The number of methoxy groups -OCH3 is 10. The number of carbonyl (C=O) groups is 4. The Hall–Kier alpha value is -6.18. The van der Waals surface area contributed by atoms with Crippen LogP contribution in [0.5, 0.6) is 51.7 Å². The lowest BCUT2D eigenvalue weighted by Gasteiger charge is -2.24. The third-order valence-corrected chi connectivity index (χ3v) is 14.8. The summed E-state index contributed by atoms with van der Waals surface area (Å²) < 4.78 is 77.0. The topological polar surface area (TPSA) is 218 Å². The highest BCUT2D eigenvalue weighted by Crippen LogP contribution is 2.50. The van der Waals surface area contributed by atoms with Gasteiger partial charge in [-0.2, -0.15) is 0 Å². The molecule has 0 radical (unpaired) electrons. The van der Waals surface area contributed by atoms with Gasteiger partial charge in [0.25, 0.3) is 0 Å². The molecule has 3 aliphatic carbocycles. The summed E-state index contributed by atoms with van der Waals surface area (Å²) in [5, 5.41) is 10.8. The first kappa shape index (κ1) is 70.3. The summed E-state index contributed by atoms with van der Waals surface area (Å²) in [5.74, 6) is 5.17. The normalized spacial score (nSPS) is 18.5. The Morgan fingerprint density at radius 1 is 0.464 bits per heavy atom. The molecule has 0 spiro atoms. The molecule has 0 fully saturated rings. The number of fused-ring (bicyclic) bond motifs is 3. The third kappa shape index (κ3) is 20.2. The highest BCUT2D eigenvalue weighted by atomic mass is 16.7. The molecule has 0 aromatic heterocycles. The number of Topliss-reactive ketones (excluding diaryl/α,β-unsaturated/α-hetero) is 1. The van der Waals surface area contributed by atoms with Crippen molar-refractivity contribution in [1.82, 2.24) is 0 Å². The summed E-state index contributed by atoms with van der Waals surface area (Å²) in [6.07, 6.45) is 8.85. The number of hydrogen-bond acceptors (Lipinski definition) is 19. The Balaban J connectivity index is 0.000000271. The minimum absolute atomic E-state index is 0.0379. The van der Waals surface area contributed by atoms with Crippen molar-refractivity contribution < 1.29 is 90.6 Å². The van der Waals surface area contributed by atoms with E-state index in [1.807, 2.05) is 74.4 Å². The number of ether oxygens (including phenoxy) is 14. The summed E-state index contributed by atoms with van der Waals surface area (Å²) in [6.45, 7) is 17.0. The Bertz CT molecular complexity index is 2640. The van der Waals surface area contributed by atoms with Crippen LogP contribution < -0.4 is 42.6 Å². The zero-order chi connectivity index (χ0) is 62.7. The minimum atomic E-state index is -0.639. The quantitative estimate of drug-likeness (QED) is 0.0454. The van der Waals surface area contributed by atoms with Crippen molar-refractivity contribution in [2.75, 3.05) is 77.9 Å². The molecule has 0 saturated carbocycles. The van der Waals surface area contributed by atoms with Gasteiger partial charge in [-0.15, -0.1) is 0 Å². The molecule has 19 heteroatoms. The smallest absolute Gasteiger partial charge is 0.306 e. The van der Waals surface area contributed by atoms with Gasteiger partial charge in [0.05, 0.1) is 76.2 Å². The van der Waals surface area contributed by atoms with E-state index in [0.29, 0.717) is 115 Å². The van der Waals surface area contributed by atoms with Gasteiger partial charge in [0.15, 0.2) is 40.3 Å². The van der Waals surface area contributed by atoms with Crippen LogP contribution in [-0.4, -0.2) is 123 Å². The number of rotatable bonds is 21. The highest BCUT2D eigenvalue weighted by Gasteiger charge is 2.34. The van der Waals surface area contributed by atoms with Crippen molar-refractivity contribution in [2.45, 2.75) is 188 Å². The lowest BCUT2D eigenvalue weighted by molar-refractivity contribution is -0.156. The number of carbonyl (C=O) groups excluding carboxylic acids is 4. The van der Waals surface area contributed by atoms with Crippen LogP contribution in [0.4, 0.5) is 0 Å². The number of benzene rings is 3. The van der Waals surface area contributed by atoms with E-state index in [0.717, 1.165) is 72.8 Å². The zero-order valence-electron chi connectivity index (χ0n) is 53.7. The van der Waals surface area contributed by atoms with Gasteiger partial charge in [0.1, 0.15) is 23.6 Å². The van der Waals surface area contributed by atoms with E-state index in [1.165, 1.54) is 7.11 Å². The molecule has 2 unspecified atom stereocenters. The number of aliphatic hydroxyl groups is 1. The fourth-order valence-corrected chi connectivity index (χ4v) is 11.1. The summed E-state index contributed by atoms with van der Waals surface area (Å²) >= 11 is 0. The SMILES string of the molecule is COCOC1C[C@H](CCC(=O)OC(C)(C)C)CCc2c1cc(OC)c(OC)c2OC.COc1cc2c(c(OC)c1OC)CC[C@@H](CCC(=O)OC(C)(C)C)CC2=O.COc1cc2c(c(OC)c1OC)CC[C@@H](CCC(=O)OC(C)(C)C)CC2O. The fourth-order valence-electron chi connectivity index (χ4n) is 11.1. The van der Waals surface area contributed by atoms with Crippen LogP contribution in [0, 0.1) is 17.8 Å². The van der Waals surface area contributed by atoms with Crippen LogP contribution in [0.15, 0.2) is 18.2 Å². The second-order valence-electron chi connectivity index (χ2n) is 24.4. The van der Waals surface area contributed by atoms with E-state index in [4.69, 9.17) is 66.3 Å². The van der Waals surface area contributed by atoms with E-state index in [-0.39, 0.29) is 48.4 Å². The van der Waals surface area contributed by atoms with Crippen LogP contribution in [0.3, 0.4) is 0 Å². The average molecular weight is 1180 g/mol. The van der Waals surface area contributed by atoms with E-state index in [1.54, 1.807) is 70.1 Å². The molecule has 0 amide bonds. The maximum atomic E-state index is 12.9. The number of aliphatic hydroxyl groups excluding tert-OH is 1. The molecule has 0 bridgehead atoms. The van der Waals surface area contributed by atoms with E-state index < -0.39 is 22.9 Å². The predicted octanol–water partition coefficient (Wildman–Crippen LogP) is 12.2. The van der Waals surface area contributed by atoms with Crippen molar-refractivity contribution in [3.8, 4) is 51.7 Å². The molecule has 472 valence electrons. The van der Waals surface area contributed by atoms with Crippen molar-refractivity contribution in [3.05, 3.63) is 51.6 Å². The molecule has 0 heterocycles. The third-order valence-electron chi connectivity index (χ3n) is 14.8. The molecule has 6 rings (SSSR count). The van der Waals surface area contributed by atoms with Crippen LogP contribution in [0.2, 0.25) is 0 Å². The Labute approximate surface area is 499 Å². The van der Waals surface area contributed by atoms with Gasteiger partial charge in [-0.3, -0.25) is 19.2 Å². The highest BCUT2D eigenvalue weighted by molar-refractivity contribution is 5.99. The van der Waals surface area contributed by atoms with Gasteiger partial charge in [0.2, 0.25) is 17.2 Å². The lowest BCUT2D eigenvalue weighted by atomic mass is 9.93. The minimum Gasteiger partial charge on any atom is -0.493 e. The summed E-state index contributed by atoms with van der Waals surface area (Å²) in [6, 6.07) is 5.53. The van der Waals surface area contributed by atoms with Crippen LogP contribution in [0.25, 0.3) is 0 Å². The van der Waals surface area contributed by atoms with Gasteiger partial charge in [-0.05, 0) is 180 Å². The van der Waals surface area contributed by atoms with Gasteiger partial charge in [-0.25, -0.2) is 0 Å². The van der Waals surface area contributed by atoms with Gasteiger partial charge in [0, 0.05) is 55.0 Å². The van der Waals surface area contributed by atoms with E-state index in [9.17, 15) is 24.3 Å². The predicted molar refractivity (Wildman–Crippen MR) is 318 cm³/mol. The average Bonchev–Trinajstić information content (AvgIpc) is 3.75. The molecule has 3 aromatic carbocycles. The summed E-state index contributed by atoms with van der Waals surface area (Å²) in [7, 11) is 15.8. The molecule has 5 atom stereocenters. The van der Waals surface area contributed by atoms with Crippen molar-refractivity contribution in [1.29, 1.82) is 0 Å². The number of esters is 3. The van der Waals surface area contributed by atoms with Crippen molar-refractivity contribution in [3.63, 3.8) is 0 Å². The molecule has 84 heavy (non-hydrogen) atoms. The van der Waals surface area contributed by atoms with E-state index >= 15 is 0 Å². The zero-order valence-corrected chi connectivity index (χ0v) is 53.7. The number of hydrogen-bond donors (Lipinski definition) is 1. The fraction of sp³-hybridized carbons (Fsp3) is 0.662. The maximum Gasteiger partial charge on any atom is 0.306 e. The Morgan fingerprint density at radius 3 is 1.23 bits per heavy atom. The molecule has 0 aliphatic heterocycles. The first-order valence-corrected chi connectivity index (χ1v) is 29.1. The second kappa shape index (κ2) is 32.4. The van der Waals surface area contributed by atoms with Gasteiger partial charge < -0.3 is 71.4 Å². The largest absolute Gasteiger partial charge is 0.493 e. The monoisotopic (exact) mass is 1180 g/mol. The standard InChI is InChI=1S/C23H36O7.C21H32O6.C21H30O6/c1-23(2,3)30-20(24)11-9-15-8-10-16-17(18(12-15)29-14-25-4)13-19(26-5)22(28-7)21(16)27-6;2*1-21(2,3)27-18(23)10-8-13-7-9-14-15(16(22)11-13)12-17(24-4)20(26-6)19(14)25-5/h13,15,18H,8-12,14H2,1-7H3;12-13,16,22H,7-11H2,1-6H3;12-13H,7-11H2,1-6H3/t15-,18?;13-,16?;13-/m000/s1. The van der Waals surface area contributed by atoms with Crippen LogP contribution in [0.1, 0.15) is 190 Å². The summed E-state index contributed by atoms with van der Waals surface area (Å²) in [4.78, 5) is 49.1. The van der Waals surface area contributed by atoms with Crippen LogP contribution >= 0.6 is 0 Å². The molecule has 3 aromatic rings. The summed E-state index contributed by atoms with van der Waals surface area (Å²) in [5.41, 5.74) is 3.85. The van der Waals surface area contributed by atoms with Crippen molar-refractivity contribution >= 4 is 23.7 Å². The molecule has 0 saturated heterocycles. The number of ketones is 1.